The number of carbonyl (C=O) groups is 1. The molecule has 0 saturated carbocycles. The lowest BCUT2D eigenvalue weighted by Crippen LogP contribution is -2.14. The molecular formula is C8H7IN2O4. The van der Waals surface area contributed by atoms with E-state index in [1.165, 1.54) is 19.2 Å². The van der Waals surface area contributed by atoms with Crippen LogP contribution >= 0.6 is 22.6 Å². The van der Waals surface area contributed by atoms with Gasteiger partial charge >= 0.3 is 0 Å². The van der Waals surface area contributed by atoms with Gasteiger partial charge in [0, 0.05) is 0 Å². The van der Waals surface area contributed by atoms with Gasteiger partial charge in [0.1, 0.15) is 9.32 Å². The zero-order valence-electron chi connectivity index (χ0n) is 7.69. The molecule has 7 heteroatoms. The van der Waals surface area contributed by atoms with Gasteiger partial charge in [-0.3, -0.25) is 14.9 Å². The van der Waals surface area contributed by atoms with Crippen LogP contribution in [0, 0.1) is 13.7 Å². The van der Waals surface area contributed by atoms with Crippen molar-refractivity contribution in [2.24, 2.45) is 5.73 Å². The molecular weight excluding hydrogens is 315 g/mol. The van der Waals surface area contributed by atoms with Crippen LogP contribution in [0.2, 0.25) is 0 Å². The molecule has 0 saturated heterocycles. The van der Waals surface area contributed by atoms with Crippen molar-refractivity contribution in [3.05, 3.63) is 31.4 Å². The Bertz CT molecular complexity index is 398. The van der Waals surface area contributed by atoms with E-state index in [9.17, 15) is 14.9 Å². The SMILES string of the molecule is COc1cc(C(N)=O)c(I)c([N+](=O)[O-])c1. The molecule has 0 atom stereocenters. The van der Waals surface area contributed by atoms with E-state index in [-0.39, 0.29) is 20.6 Å². The normalized spacial score (nSPS) is 9.73. The van der Waals surface area contributed by atoms with Gasteiger partial charge in [-0.05, 0) is 28.7 Å². The topological polar surface area (TPSA) is 95.5 Å². The Hall–Kier alpha value is -1.38. The zero-order valence-corrected chi connectivity index (χ0v) is 9.85. The molecule has 0 fully saturated rings. The number of amides is 1. The zero-order chi connectivity index (χ0) is 11.6. The highest BCUT2D eigenvalue weighted by Gasteiger charge is 2.20. The van der Waals surface area contributed by atoms with Crippen LogP contribution in [0.4, 0.5) is 5.69 Å². The molecule has 0 bridgehead atoms. The first-order valence-electron chi connectivity index (χ1n) is 3.79. The monoisotopic (exact) mass is 322 g/mol. The van der Waals surface area contributed by atoms with E-state index >= 15 is 0 Å². The van der Waals surface area contributed by atoms with Crippen molar-refractivity contribution in [1.29, 1.82) is 0 Å². The summed E-state index contributed by atoms with van der Waals surface area (Å²) in [5, 5.41) is 10.7. The molecule has 6 nitrogen and oxygen atoms in total. The van der Waals surface area contributed by atoms with Crippen molar-refractivity contribution in [3.63, 3.8) is 0 Å². The molecule has 0 radical (unpaired) electrons. The number of nitrogens with two attached hydrogens (primary N) is 1. The molecule has 0 aliphatic rings. The van der Waals surface area contributed by atoms with E-state index in [4.69, 9.17) is 10.5 Å². The number of primary amides is 1. The van der Waals surface area contributed by atoms with Crippen LogP contribution in [0.25, 0.3) is 0 Å². The first-order valence-corrected chi connectivity index (χ1v) is 4.87. The van der Waals surface area contributed by atoms with E-state index in [0.29, 0.717) is 0 Å². The van der Waals surface area contributed by atoms with Gasteiger partial charge in [-0.25, -0.2) is 0 Å². The lowest BCUT2D eigenvalue weighted by Gasteiger charge is -2.05. The van der Waals surface area contributed by atoms with Crippen LogP contribution in [-0.4, -0.2) is 17.9 Å². The molecule has 0 heterocycles. The molecule has 2 N–H and O–H groups in total. The number of hydrogen-bond donors (Lipinski definition) is 1. The summed E-state index contributed by atoms with van der Waals surface area (Å²) in [4.78, 5) is 21.1. The minimum absolute atomic E-state index is 0.0849. The smallest absolute Gasteiger partial charge is 0.287 e. The maximum Gasteiger partial charge on any atom is 0.287 e. The van der Waals surface area contributed by atoms with E-state index in [1.807, 2.05) is 0 Å². The molecule has 0 spiro atoms. The second-order valence-corrected chi connectivity index (χ2v) is 3.71. The average molecular weight is 322 g/mol. The maximum atomic E-state index is 11.0. The number of ether oxygens (including phenoxy) is 1. The van der Waals surface area contributed by atoms with Gasteiger partial charge in [-0.15, -0.1) is 0 Å². The third-order valence-electron chi connectivity index (χ3n) is 1.72. The fourth-order valence-corrected chi connectivity index (χ4v) is 1.79. The number of methoxy groups -OCH3 is 1. The number of rotatable bonds is 3. The lowest BCUT2D eigenvalue weighted by molar-refractivity contribution is -0.385. The largest absolute Gasteiger partial charge is 0.496 e. The summed E-state index contributed by atoms with van der Waals surface area (Å²) in [5.74, 6) is -0.489. The number of carbonyl (C=O) groups excluding carboxylic acids is 1. The predicted octanol–water partition coefficient (Wildman–Crippen LogP) is 1.31. The second-order valence-electron chi connectivity index (χ2n) is 2.63. The molecule has 15 heavy (non-hydrogen) atoms. The molecule has 0 aromatic heterocycles. The number of nitrogens with zero attached hydrogens (tertiary/aromatic N) is 1. The molecule has 0 aliphatic heterocycles. The molecule has 0 unspecified atom stereocenters. The van der Waals surface area contributed by atoms with Gasteiger partial charge in [0.05, 0.1) is 23.7 Å². The van der Waals surface area contributed by atoms with Crippen LogP contribution in [0.15, 0.2) is 12.1 Å². The molecule has 0 aliphatic carbocycles. The molecule has 80 valence electrons. The van der Waals surface area contributed by atoms with Crippen molar-refractivity contribution in [1.82, 2.24) is 0 Å². The molecule has 1 aromatic rings. The van der Waals surface area contributed by atoms with Crippen LogP contribution in [0.3, 0.4) is 0 Å². The number of nitro benzene ring substituents is 1. The summed E-state index contributed by atoms with van der Waals surface area (Å²) in [6.45, 7) is 0. The van der Waals surface area contributed by atoms with Crippen LogP contribution in [-0.2, 0) is 0 Å². The van der Waals surface area contributed by atoms with Crippen molar-refractivity contribution in [2.75, 3.05) is 7.11 Å². The van der Waals surface area contributed by atoms with E-state index < -0.39 is 10.8 Å². The minimum atomic E-state index is -0.721. The third kappa shape index (κ3) is 2.35. The summed E-state index contributed by atoms with van der Waals surface area (Å²) >= 11 is 1.71. The highest BCUT2D eigenvalue weighted by atomic mass is 127. The molecule has 1 amide bonds. The summed E-state index contributed by atoms with van der Waals surface area (Å²) in [6, 6.07) is 2.62. The van der Waals surface area contributed by atoms with E-state index in [0.717, 1.165) is 0 Å². The van der Waals surface area contributed by atoms with Crippen molar-refractivity contribution >= 4 is 34.2 Å². The fourth-order valence-electron chi connectivity index (χ4n) is 1.01. The van der Waals surface area contributed by atoms with Gasteiger partial charge < -0.3 is 10.5 Å². The highest BCUT2D eigenvalue weighted by molar-refractivity contribution is 14.1. The van der Waals surface area contributed by atoms with Crippen molar-refractivity contribution < 1.29 is 14.5 Å². The van der Waals surface area contributed by atoms with Crippen LogP contribution in [0.5, 0.6) is 5.75 Å². The van der Waals surface area contributed by atoms with Gasteiger partial charge in [-0.2, -0.15) is 0 Å². The fraction of sp³-hybridized carbons (Fsp3) is 0.125. The molecule has 1 rings (SSSR count). The first kappa shape index (κ1) is 11.7. The Balaban J connectivity index is 3.47. The van der Waals surface area contributed by atoms with Crippen molar-refractivity contribution in [2.45, 2.75) is 0 Å². The Morgan fingerprint density at radius 3 is 2.60 bits per heavy atom. The first-order chi connectivity index (χ1) is 6.97. The van der Waals surface area contributed by atoms with Crippen molar-refractivity contribution in [3.8, 4) is 5.75 Å². The van der Waals surface area contributed by atoms with Gasteiger partial charge in [0.2, 0.25) is 5.91 Å². The molecule has 1 aromatic carbocycles. The quantitative estimate of drug-likeness (QED) is 0.515. The van der Waals surface area contributed by atoms with Gasteiger partial charge in [0.15, 0.2) is 0 Å². The summed E-state index contributed by atoms with van der Waals surface area (Å²) in [7, 11) is 1.36. The van der Waals surface area contributed by atoms with Crippen LogP contribution in [0.1, 0.15) is 10.4 Å². The average Bonchev–Trinajstić information content (AvgIpc) is 2.17. The van der Waals surface area contributed by atoms with E-state index in [1.54, 1.807) is 22.6 Å². The Morgan fingerprint density at radius 1 is 1.60 bits per heavy atom. The Labute approximate surface area is 98.7 Å². The number of hydrogen-bond acceptors (Lipinski definition) is 4. The van der Waals surface area contributed by atoms with Gasteiger partial charge in [-0.1, -0.05) is 0 Å². The summed E-state index contributed by atoms with van der Waals surface area (Å²) in [5.41, 5.74) is 4.98. The van der Waals surface area contributed by atoms with E-state index in [2.05, 4.69) is 0 Å². The minimum Gasteiger partial charge on any atom is -0.496 e. The number of halogens is 1. The second kappa shape index (κ2) is 4.43. The maximum absolute atomic E-state index is 11.0. The predicted molar refractivity (Wildman–Crippen MR) is 60.9 cm³/mol. The highest BCUT2D eigenvalue weighted by Crippen LogP contribution is 2.29. The van der Waals surface area contributed by atoms with Gasteiger partial charge in [0.25, 0.3) is 5.69 Å². The summed E-state index contributed by atoms with van der Waals surface area (Å²) < 4.78 is 5.05. The Kier molecular flexibility index (Phi) is 3.45. The standard InChI is InChI=1S/C8H7IN2O4/c1-15-4-2-5(8(10)12)7(9)6(3-4)11(13)14/h2-3H,1H3,(H2,10,12). The Morgan fingerprint density at radius 2 is 2.20 bits per heavy atom. The third-order valence-corrected chi connectivity index (χ3v) is 2.86. The number of benzene rings is 1. The van der Waals surface area contributed by atoms with Crippen LogP contribution < -0.4 is 10.5 Å². The lowest BCUT2D eigenvalue weighted by atomic mass is 10.2. The number of nitro groups is 1. The summed E-state index contributed by atoms with van der Waals surface area (Å²) in [6.07, 6.45) is 0.